The molecule has 5 aliphatic carbocycles. The molecule has 0 aromatic carbocycles. The van der Waals surface area contributed by atoms with Gasteiger partial charge in [-0.1, -0.05) is 27.7 Å². The number of aliphatic hydroxyl groups is 1. The zero-order valence-corrected chi connectivity index (χ0v) is 22.8. The SMILES string of the molecule is C[C@@H](C=O)[C@@H]1CC[C@]2(C(=O)O)CC[C@]3(C)[C@H](CC[C@@H]4[C@@]5(C)CC[C@@H](O)[C@@](C)(C(=O)O)[C@@H]5CC[C@]43C)[C@@H]12. The number of aliphatic carboxylic acids is 2. The third kappa shape index (κ3) is 2.91. The highest BCUT2D eigenvalue weighted by atomic mass is 16.4. The van der Waals surface area contributed by atoms with E-state index in [0.29, 0.717) is 25.2 Å². The highest BCUT2D eigenvalue weighted by molar-refractivity contribution is 5.77. The summed E-state index contributed by atoms with van der Waals surface area (Å²) >= 11 is 0. The first-order valence-electron chi connectivity index (χ1n) is 14.3. The van der Waals surface area contributed by atoms with E-state index in [-0.39, 0.29) is 45.8 Å². The second-order valence-electron chi connectivity index (χ2n) is 14.5. The zero-order chi connectivity index (χ0) is 26.5. The van der Waals surface area contributed by atoms with Crippen molar-refractivity contribution >= 4 is 18.2 Å². The van der Waals surface area contributed by atoms with Gasteiger partial charge in [-0.3, -0.25) is 9.59 Å². The van der Waals surface area contributed by atoms with Crippen LogP contribution in [0.25, 0.3) is 0 Å². The largest absolute Gasteiger partial charge is 0.481 e. The van der Waals surface area contributed by atoms with Crippen molar-refractivity contribution in [3.63, 3.8) is 0 Å². The predicted molar refractivity (Wildman–Crippen MR) is 135 cm³/mol. The van der Waals surface area contributed by atoms with Crippen LogP contribution in [0.2, 0.25) is 0 Å². The Bertz CT molecular complexity index is 963. The summed E-state index contributed by atoms with van der Waals surface area (Å²) in [4.78, 5) is 37.2. The Morgan fingerprint density at radius 2 is 1.50 bits per heavy atom. The third-order valence-corrected chi connectivity index (χ3v) is 13.9. The summed E-state index contributed by atoms with van der Waals surface area (Å²) in [5.74, 6) is -0.999. The molecule has 5 rings (SSSR count). The predicted octanol–water partition coefficient (Wildman–Crippen LogP) is 5.41. The third-order valence-electron chi connectivity index (χ3n) is 13.9. The van der Waals surface area contributed by atoms with E-state index < -0.39 is 28.9 Å². The van der Waals surface area contributed by atoms with Crippen LogP contribution in [0.1, 0.15) is 98.8 Å². The number of carboxylic acid groups (broad SMARTS) is 2. The summed E-state index contributed by atoms with van der Waals surface area (Å²) in [7, 11) is 0. The Morgan fingerprint density at radius 3 is 2.11 bits per heavy atom. The molecule has 0 unspecified atom stereocenters. The van der Waals surface area contributed by atoms with Gasteiger partial charge in [0.15, 0.2) is 0 Å². The maximum Gasteiger partial charge on any atom is 0.312 e. The maximum atomic E-state index is 12.8. The van der Waals surface area contributed by atoms with Crippen molar-refractivity contribution in [3.8, 4) is 0 Å². The monoisotopic (exact) mass is 502 g/mol. The summed E-state index contributed by atoms with van der Waals surface area (Å²) in [6.45, 7) is 10.9. The molecule has 5 fully saturated rings. The smallest absolute Gasteiger partial charge is 0.312 e. The van der Waals surface area contributed by atoms with Crippen LogP contribution in [0, 0.1) is 62.6 Å². The molecule has 202 valence electrons. The van der Waals surface area contributed by atoms with Crippen LogP contribution in [0.3, 0.4) is 0 Å². The van der Waals surface area contributed by atoms with Crippen LogP contribution in [-0.4, -0.2) is 39.6 Å². The molecule has 0 aliphatic heterocycles. The lowest BCUT2D eigenvalue weighted by molar-refractivity contribution is -0.252. The molecule has 0 spiro atoms. The number of aldehydes is 1. The molecule has 12 atom stereocenters. The second kappa shape index (κ2) is 8.04. The Balaban J connectivity index is 1.57. The normalized spacial score (nSPS) is 54.8. The van der Waals surface area contributed by atoms with Gasteiger partial charge in [-0.25, -0.2) is 0 Å². The van der Waals surface area contributed by atoms with Gasteiger partial charge in [0.2, 0.25) is 0 Å². The minimum absolute atomic E-state index is 0.0227. The molecule has 36 heavy (non-hydrogen) atoms. The Kier molecular flexibility index (Phi) is 5.85. The Labute approximate surface area is 215 Å². The lowest BCUT2D eigenvalue weighted by Crippen LogP contribution is -2.68. The van der Waals surface area contributed by atoms with Crippen LogP contribution in [0.5, 0.6) is 0 Å². The van der Waals surface area contributed by atoms with E-state index in [1.165, 1.54) is 0 Å². The summed E-state index contributed by atoms with van der Waals surface area (Å²) in [6, 6.07) is 0. The minimum atomic E-state index is -1.13. The van der Waals surface area contributed by atoms with E-state index in [0.717, 1.165) is 51.2 Å². The number of carboxylic acids is 2. The van der Waals surface area contributed by atoms with E-state index >= 15 is 0 Å². The molecule has 0 saturated heterocycles. The van der Waals surface area contributed by atoms with Crippen LogP contribution in [0.15, 0.2) is 0 Å². The van der Waals surface area contributed by atoms with Gasteiger partial charge in [-0.2, -0.15) is 0 Å². The van der Waals surface area contributed by atoms with Gasteiger partial charge in [-0.05, 0) is 117 Å². The number of carbonyl (C=O) groups is 3. The average molecular weight is 503 g/mol. The van der Waals surface area contributed by atoms with Gasteiger partial charge in [-0.15, -0.1) is 0 Å². The van der Waals surface area contributed by atoms with Gasteiger partial charge >= 0.3 is 11.9 Å². The standard InChI is InChI=1S/C30H46O6/c1-17(16-31)18-8-13-30(25(35)36)15-14-27(3)19(23(18)30)6-7-20-26(2)11-10-22(32)29(5,24(33)34)21(26)9-12-28(20,27)4/h16-23,32H,6-15H2,1-5H3,(H,33,34)(H,35,36)/t17-,18-,19+,20+,21+,22+,23+,26+,27+,28+,29-,30-/m0/s1. The van der Waals surface area contributed by atoms with E-state index in [4.69, 9.17) is 0 Å². The van der Waals surface area contributed by atoms with Gasteiger partial charge in [0.1, 0.15) is 6.29 Å². The first-order valence-corrected chi connectivity index (χ1v) is 14.3. The first kappa shape index (κ1) is 26.2. The minimum Gasteiger partial charge on any atom is -0.481 e. The lowest BCUT2D eigenvalue weighted by Gasteiger charge is -2.72. The zero-order valence-electron chi connectivity index (χ0n) is 22.8. The highest BCUT2D eigenvalue weighted by Gasteiger charge is 2.73. The fourth-order valence-electron chi connectivity index (χ4n) is 11.7. The summed E-state index contributed by atoms with van der Waals surface area (Å²) in [5, 5.41) is 31.6. The number of aliphatic hydroxyl groups excluding tert-OH is 1. The molecule has 0 radical (unpaired) electrons. The number of rotatable bonds is 4. The van der Waals surface area contributed by atoms with Crippen molar-refractivity contribution in [2.45, 2.75) is 105 Å². The van der Waals surface area contributed by atoms with Crippen LogP contribution >= 0.6 is 0 Å². The van der Waals surface area contributed by atoms with Crippen molar-refractivity contribution in [2.75, 3.05) is 0 Å². The first-order chi connectivity index (χ1) is 16.7. The van der Waals surface area contributed by atoms with Gasteiger partial charge in [0.25, 0.3) is 0 Å². The average Bonchev–Trinajstić information content (AvgIpc) is 3.22. The second-order valence-corrected chi connectivity index (χ2v) is 14.5. The Hall–Kier alpha value is -1.43. The van der Waals surface area contributed by atoms with Crippen molar-refractivity contribution in [3.05, 3.63) is 0 Å². The number of hydrogen-bond acceptors (Lipinski definition) is 4. The van der Waals surface area contributed by atoms with Crippen LogP contribution in [-0.2, 0) is 14.4 Å². The molecular formula is C30H46O6. The van der Waals surface area contributed by atoms with Crippen molar-refractivity contribution in [1.29, 1.82) is 0 Å². The molecule has 0 aromatic heterocycles. The molecule has 5 saturated carbocycles. The van der Waals surface area contributed by atoms with E-state index in [1.807, 2.05) is 6.92 Å². The quantitative estimate of drug-likeness (QED) is 0.443. The van der Waals surface area contributed by atoms with E-state index in [2.05, 4.69) is 20.8 Å². The molecule has 6 heteroatoms. The number of fused-ring (bicyclic) bond motifs is 7. The molecule has 0 bridgehead atoms. The number of carbonyl (C=O) groups excluding carboxylic acids is 1. The molecule has 0 heterocycles. The van der Waals surface area contributed by atoms with Crippen molar-refractivity contribution in [1.82, 2.24) is 0 Å². The summed E-state index contributed by atoms with van der Waals surface area (Å²) in [6.07, 6.45) is 8.27. The number of hydrogen-bond donors (Lipinski definition) is 3. The molecule has 0 aromatic rings. The molecule has 0 amide bonds. The van der Waals surface area contributed by atoms with Crippen molar-refractivity contribution in [2.24, 2.45) is 62.6 Å². The fourth-order valence-corrected chi connectivity index (χ4v) is 11.7. The highest BCUT2D eigenvalue weighted by Crippen LogP contribution is 2.77. The molecule has 6 nitrogen and oxygen atoms in total. The van der Waals surface area contributed by atoms with Gasteiger partial charge in [0.05, 0.1) is 16.9 Å². The topological polar surface area (TPSA) is 112 Å². The van der Waals surface area contributed by atoms with Gasteiger partial charge in [0, 0.05) is 5.92 Å². The Morgan fingerprint density at radius 1 is 0.806 bits per heavy atom. The van der Waals surface area contributed by atoms with Crippen LogP contribution in [0.4, 0.5) is 0 Å². The molecule has 5 aliphatic rings. The summed E-state index contributed by atoms with van der Waals surface area (Å²) < 4.78 is 0. The molecular weight excluding hydrogens is 456 g/mol. The van der Waals surface area contributed by atoms with Crippen LogP contribution < -0.4 is 0 Å². The van der Waals surface area contributed by atoms with Crippen molar-refractivity contribution < 1.29 is 29.7 Å². The maximum absolute atomic E-state index is 12.8. The van der Waals surface area contributed by atoms with E-state index in [1.54, 1.807) is 6.92 Å². The summed E-state index contributed by atoms with van der Waals surface area (Å²) in [5.41, 5.74) is -2.08. The van der Waals surface area contributed by atoms with Gasteiger partial charge < -0.3 is 20.1 Å². The lowest BCUT2D eigenvalue weighted by atomic mass is 9.32. The fraction of sp³-hybridized carbons (Fsp3) is 0.900. The molecule has 3 N–H and O–H groups in total. The van der Waals surface area contributed by atoms with E-state index in [9.17, 15) is 29.7 Å².